The molecular formula is C13H15NO5. The quantitative estimate of drug-likeness (QED) is 0.778. The molecule has 2 N–H and O–H groups in total. The molecule has 0 aromatic heterocycles. The molecule has 1 rings (SSSR count). The monoisotopic (exact) mass is 265 g/mol. The first-order valence-corrected chi connectivity index (χ1v) is 5.72. The van der Waals surface area contributed by atoms with Crippen molar-refractivity contribution in [3.05, 3.63) is 35.4 Å². The van der Waals surface area contributed by atoms with Gasteiger partial charge in [0.25, 0.3) is 0 Å². The molecule has 102 valence electrons. The molecule has 1 unspecified atom stereocenters. The van der Waals surface area contributed by atoms with E-state index in [4.69, 9.17) is 9.84 Å². The molecule has 0 spiro atoms. The molecule has 0 heterocycles. The van der Waals surface area contributed by atoms with Gasteiger partial charge in [0.2, 0.25) is 5.91 Å². The summed E-state index contributed by atoms with van der Waals surface area (Å²) in [5, 5.41) is 11.3. The van der Waals surface area contributed by atoms with E-state index in [-0.39, 0.29) is 18.1 Å². The lowest BCUT2D eigenvalue weighted by molar-refractivity contribution is -0.147. The van der Waals surface area contributed by atoms with Gasteiger partial charge in [0.1, 0.15) is 0 Å². The van der Waals surface area contributed by atoms with Gasteiger partial charge >= 0.3 is 11.9 Å². The third-order valence-electron chi connectivity index (χ3n) is 2.36. The Morgan fingerprint density at radius 1 is 1.26 bits per heavy atom. The molecule has 1 amide bonds. The summed E-state index contributed by atoms with van der Waals surface area (Å²) in [5.74, 6) is -2.01. The Morgan fingerprint density at radius 2 is 1.84 bits per heavy atom. The maximum atomic E-state index is 11.7. The Morgan fingerprint density at radius 3 is 2.26 bits per heavy atom. The summed E-state index contributed by atoms with van der Waals surface area (Å²) in [7, 11) is 0. The van der Waals surface area contributed by atoms with Gasteiger partial charge in [-0.1, -0.05) is 12.1 Å². The Labute approximate surface area is 110 Å². The first-order valence-electron chi connectivity index (χ1n) is 5.72. The minimum absolute atomic E-state index is 0.106. The summed E-state index contributed by atoms with van der Waals surface area (Å²) in [6, 6.07) is 4.75. The highest BCUT2D eigenvalue weighted by Gasteiger charge is 2.22. The van der Waals surface area contributed by atoms with E-state index < -0.39 is 18.0 Å². The minimum Gasteiger partial charge on any atom is -0.478 e. The van der Waals surface area contributed by atoms with Gasteiger partial charge in [-0.3, -0.25) is 4.79 Å². The van der Waals surface area contributed by atoms with Crippen LogP contribution in [0.3, 0.4) is 0 Å². The van der Waals surface area contributed by atoms with Crippen molar-refractivity contribution < 1.29 is 24.2 Å². The van der Waals surface area contributed by atoms with Crippen molar-refractivity contribution in [1.29, 1.82) is 0 Å². The molecule has 1 aromatic carbocycles. The summed E-state index contributed by atoms with van der Waals surface area (Å²) in [6.45, 7) is 3.15. The average molecular weight is 265 g/mol. The number of ether oxygens (including phenoxy) is 1. The predicted octanol–water partition coefficient (Wildman–Crippen LogP) is 1.13. The minimum atomic E-state index is -1.06. The van der Waals surface area contributed by atoms with Crippen LogP contribution in [0.2, 0.25) is 0 Å². The number of hydrogen-bond acceptors (Lipinski definition) is 4. The van der Waals surface area contributed by atoms with Gasteiger partial charge in [-0.25, -0.2) is 9.59 Å². The zero-order chi connectivity index (χ0) is 14.4. The third-order valence-corrected chi connectivity index (χ3v) is 2.36. The maximum absolute atomic E-state index is 11.7. The van der Waals surface area contributed by atoms with Crippen LogP contribution in [0.15, 0.2) is 24.3 Å². The number of nitrogens with one attached hydrogen (secondary N) is 1. The molecule has 0 bridgehead atoms. The normalized spacial score (nSPS) is 11.5. The molecule has 6 nitrogen and oxygen atoms in total. The lowest BCUT2D eigenvalue weighted by Gasteiger charge is -2.16. The van der Waals surface area contributed by atoms with Gasteiger partial charge < -0.3 is 15.2 Å². The van der Waals surface area contributed by atoms with E-state index >= 15 is 0 Å². The fourth-order valence-corrected chi connectivity index (χ4v) is 1.53. The van der Waals surface area contributed by atoms with Crippen LogP contribution in [0.5, 0.6) is 0 Å². The van der Waals surface area contributed by atoms with Crippen LogP contribution in [0, 0.1) is 0 Å². The van der Waals surface area contributed by atoms with Crippen molar-refractivity contribution in [2.75, 3.05) is 6.61 Å². The molecule has 0 radical (unpaired) electrons. The molecule has 1 aromatic rings. The number of carbonyl (C=O) groups is 3. The van der Waals surface area contributed by atoms with Gasteiger partial charge in [-0.05, 0) is 24.6 Å². The Balaban J connectivity index is 2.99. The van der Waals surface area contributed by atoms with E-state index in [1.54, 1.807) is 6.92 Å². The van der Waals surface area contributed by atoms with E-state index in [1.807, 2.05) is 0 Å². The van der Waals surface area contributed by atoms with E-state index in [2.05, 4.69) is 5.32 Å². The highest BCUT2D eigenvalue weighted by Crippen LogP contribution is 2.16. The van der Waals surface area contributed by atoms with Crippen LogP contribution in [0.4, 0.5) is 0 Å². The summed E-state index contributed by atoms with van der Waals surface area (Å²) < 4.78 is 4.87. The standard InChI is InChI=1S/C13H15NO5/c1-3-19-13(18)11(14-8(2)15)9-4-6-10(7-5-9)12(16)17/h4-7,11H,3H2,1-2H3,(H,14,15)(H,16,17). The van der Waals surface area contributed by atoms with E-state index in [0.29, 0.717) is 5.56 Å². The number of carbonyl (C=O) groups excluding carboxylic acids is 2. The topological polar surface area (TPSA) is 92.7 Å². The highest BCUT2D eigenvalue weighted by molar-refractivity contribution is 5.88. The number of aromatic carboxylic acids is 1. The summed E-state index contributed by atoms with van der Waals surface area (Å²) >= 11 is 0. The van der Waals surface area contributed by atoms with Crippen LogP contribution >= 0.6 is 0 Å². The van der Waals surface area contributed by atoms with Crippen molar-refractivity contribution in [1.82, 2.24) is 5.32 Å². The summed E-state index contributed by atoms with van der Waals surface area (Å²) in [4.78, 5) is 33.6. The first kappa shape index (κ1) is 14.7. The number of carboxylic acids is 1. The van der Waals surface area contributed by atoms with Crippen molar-refractivity contribution in [2.24, 2.45) is 0 Å². The number of rotatable bonds is 5. The largest absolute Gasteiger partial charge is 0.478 e. The molecule has 0 saturated carbocycles. The van der Waals surface area contributed by atoms with Gasteiger partial charge in [0, 0.05) is 6.92 Å². The zero-order valence-corrected chi connectivity index (χ0v) is 10.7. The summed E-state index contributed by atoms with van der Waals surface area (Å²) in [5.41, 5.74) is 0.577. The Bertz CT molecular complexity index is 480. The van der Waals surface area contributed by atoms with Crippen LogP contribution < -0.4 is 5.32 Å². The molecule has 19 heavy (non-hydrogen) atoms. The van der Waals surface area contributed by atoms with Crippen molar-refractivity contribution in [2.45, 2.75) is 19.9 Å². The number of benzene rings is 1. The average Bonchev–Trinajstić information content (AvgIpc) is 2.36. The second-order valence-corrected chi connectivity index (χ2v) is 3.81. The lowest BCUT2D eigenvalue weighted by atomic mass is 10.0. The fraction of sp³-hybridized carbons (Fsp3) is 0.308. The van der Waals surface area contributed by atoms with Crippen LogP contribution in [-0.2, 0) is 14.3 Å². The van der Waals surface area contributed by atoms with E-state index in [0.717, 1.165) is 0 Å². The molecule has 6 heteroatoms. The molecule has 0 aliphatic heterocycles. The van der Waals surface area contributed by atoms with Gasteiger partial charge in [0.15, 0.2) is 6.04 Å². The van der Waals surface area contributed by atoms with Crippen molar-refractivity contribution >= 4 is 17.8 Å². The number of amides is 1. The van der Waals surface area contributed by atoms with Crippen LogP contribution in [0.1, 0.15) is 35.8 Å². The smallest absolute Gasteiger partial charge is 0.335 e. The van der Waals surface area contributed by atoms with Crippen LogP contribution in [-0.4, -0.2) is 29.6 Å². The van der Waals surface area contributed by atoms with Crippen LogP contribution in [0.25, 0.3) is 0 Å². The molecular weight excluding hydrogens is 250 g/mol. The lowest BCUT2D eigenvalue weighted by Crippen LogP contribution is -2.33. The van der Waals surface area contributed by atoms with Gasteiger partial charge in [-0.2, -0.15) is 0 Å². The predicted molar refractivity (Wildman–Crippen MR) is 66.6 cm³/mol. The Hall–Kier alpha value is -2.37. The van der Waals surface area contributed by atoms with Gasteiger partial charge in [0.05, 0.1) is 12.2 Å². The molecule has 0 aliphatic carbocycles. The SMILES string of the molecule is CCOC(=O)C(NC(C)=O)c1ccc(C(=O)O)cc1. The molecule has 0 saturated heterocycles. The van der Waals surface area contributed by atoms with Crippen molar-refractivity contribution in [3.8, 4) is 0 Å². The number of hydrogen-bond donors (Lipinski definition) is 2. The van der Waals surface area contributed by atoms with E-state index in [9.17, 15) is 14.4 Å². The number of carboxylic acid groups (broad SMARTS) is 1. The molecule has 1 atom stereocenters. The zero-order valence-electron chi connectivity index (χ0n) is 10.7. The molecule has 0 fully saturated rings. The van der Waals surface area contributed by atoms with E-state index in [1.165, 1.54) is 31.2 Å². The third kappa shape index (κ3) is 4.09. The second-order valence-electron chi connectivity index (χ2n) is 3.81. The first-order chi connectivity index (χ1) is 8.95. The highest BCUT2D eigenvalue weighted by atomic mass is 16.5. The fourth-order valence-electron chi connectivity index (χ4n) is 1.53. The molecule has 0 aliphatic rings. The van der Waals surface area contributed by atoms with Gasteiger partial charge in [-0.15, -0.1) is 0 Å². The van der Waals surface area contributed by atoms with Crippen molar-refractivity contribution in [3.63, 3.8) is 0 Å². The second kappa shape index (κ2) is 6.53. The summed E-state index contributed by atoms with van der Waals surface area (Å²) in [6.07, 6.45) is 0. The maximum Gasteiger partial charge on any atom is 0.335 e. The number of esters is 1. The Kier molecular flexibility index (Phi) is 5.05.